The quantitative estimate of drug-likeness (QED) is 0.505. The fraction of sp³-hybridized carbons (Fsp3) is 0.300. The van der Waals surface area contributed by atoms with Gasteiger partial charge >= 0.3 is 0 Å². The highest BCUT2D eigenvalue weighted by Gasteiger charge is 2.20. The lowest BCUT2D eigenvalue weighted by Crippen LogP contribution is -3.14. The number of quaternary nitrogens is 1. The van der Waals surface area contributed by atoms with E-state index in [-0.39, 0.29) is 10.7 Å². The normalized spacial score (nSPS) is 15.2. The average molecular weight is 449 g/mol. The van der Waals surface area contributed by atoms with Crippen LogP contribution in [0.15, 0.2) is 53.4 Å². The van der Waals surface area contributed by atoms with E-state index in [1.165, 1.54) is 17.0 Å². The van der Waals surface area contributed by atoms with Gasteiger partial charge in [-0.25, -0.2) is 18.4 Å². The summed E-state index contributed by atoms with van der Waals surface area (Å²) < 4.78 is 33.7. The van der Waals surface area contributed by atoms with Crippen LogP contribution in [-0.2, 0) is 14.8 Å². The van der Waals surface area contributed by atoms with E-state index >= 15 is 0 Å². The highest BCUT2D eigenvalue weighted by atomic mass is 35.5. The van der Waals surface area contributed by atoms with Gasteiger partial charge in [-0.3, -0.25) is 4.72 Å². The number of morpholine rings is 1. The van der Waals surface area contributed by atoms with Crippen molar-refractivity contribution in [3.05, 3.63) is 53.6 Å². The van der Waals surface area contributed by atoms with Gasteiger partial charge in [0.15, 0.2) is 11.6 Å². The highest BCUT2D eigenvalue weighted by Crippen LogP contribution is 2.25. The number of halogens is 1. The van der Waals surface area contributed by atoms with Gasteiger partial charge in [-0.2, -0.15) is 0 Å². The van der Waals surface area contributed by atoms with Gasteiger partial charge < -0.3 is 15.0 Å². The van der Waals surface area contributed by atoms with Crippen molar-refractivity contribution in [3.63, 3.8) is 0 Å². The van der Waals surface area contributed by atoms with Crippen LogP contribution in [0.4, 0.5) is 11.6 Å². The third kappa shape index (κ3) is 4.99. The summed E-state index contributed by atoms with van der Waals surface area (Å²) in [5, 5.41) is 3.59. The third-order valence-corrected chi connectivity index (χ3v) is 6.45. The van der Waals surface area contributed by atoms with Gasteiger partial charge in [-0.15, -0.1) is 0 Å². The van der Waals surface area contributed by atoms with Crippen molar-refractivity contribution in [1.82, 2.24) is 9.97 Å². The van der Waals surface area contributed by atoms with E-state index in [0.29, 0.717) is 28.4 Å². The SMILES string of the molecule is O=S(=O)(Nc1nc2ccccc2nc1NCC[NH+]1CCOCC1)c1cccc(Cl)c1. The molecule has 30 heavy (non-hydrogen) atoms. The summed E-state index contributed by atoms with van der Waals surface area (Å²) in [6, 6.07) is 13.4. The molecule has 0 radical (unpaired) electrons. The lowest BCUT2D eigenvalue weighted by Gasteiger charge is -2.24. The Morgan fingerprint density at radius 3 is 2.40 bits per heavy atom. The molecule has 1 saturated heterocycles. The molecule has 3 aromatic rings. The molecule has 0 bridgehead atoms. The molecule has 1 aliphatic heterocycles. The maximum Gasteiger partial charge on any atom is 0.263 e. The zero-order chi connectivity index (χ0) is 21.0. The molecule has 1 aromatic heterocycles. The number of aromatic nitrogens is 2. The molecule has 8 nitrogen and oxygen atoms in total. The van der Waals surface area contributed by atoms with Crippen LogP contribution in [0.1, 0.15) is 0 Å². The molecule has 158 valence electrons. The van der Waals surface area contributed by atoms with Gasteiger partial charge in [0.25, 0.3) is 10.0 Å². The van der Waals surface area contributed by atoms with Crippen LogP contribution < -0.4 is 14.9 Å². The summed E-state index contributed by atoms with van der Waals surface area (Å²) in [4.78, 5) is 10.6. The number of para-hydroxylation sites is 2. The third-order valence-electron chi connectivity index (χ3n) is 4.88. The molecule has 2 aromatic carbocycles. The summed E-state index contributed by atoms with van der Waals surface area (Å²) in [5.74, 6) is 0.553. The number of anilines is 2. The van der Waals surface area contributed by atoms with E-state index in [4.69, 9.17) is 16.3 Å². The maximum absolute atomic E-state index is 12.9. The first-order valence-electron chi connectivity index (χ1n) is 9.72. The van der Waals surface area contributed by atoms with Crippen LogP contribution in [0.2, 0.25) is 5.02 Å². The number of benzene rings is 2. The average Bonchev–Trinajstić information content (AvgIpc) is 2.74. The Morgan fingerprint density at radius 1 is 1.00 bits per heavy atom. The van der Waals surface area contributed by atoms with Crippen LogP contribution in [-0.4, -0.2) is 57.8 Å². The smallest absolute Gasteiger partial charge is 0.263 e. The Hall–Kier alpha value is -2.46. The Balaban J connectivity index is 1.59. The van der Waals surface area contributed by atoms with Crippen molar-refractivity contribution < 1.29 is 18.1 Å². The predicted molar refractivity (Wildman–Crippen MR) is 117 cm³/mol. The molecule has 3 N–H and O–H groups in total. The number of sulfonamides is 1. The Morgan fingerprint density at radius 2 is 1.70 bits per heavy atom. The van der Waals surface area contributed by atoms with Crippen LogP contribution in [0.3, 0.4) is 0 Å². The predicted octanol–water partition coefficient (Wildman–Crippen LogP) is 1.41. The van der Waals surface area contributed by atoms with Crippen LogP contribution in [0.25, 0.3) is 11.0 Å². The van der Waals surface area contributed by atoms with E-state index in [1.54, 1.807) is 18.2 Å². The fourth-order valence-electron chi connectivity index (χ4n) is 3.28. The van der Waals surface area contributed by atoms with Gasteiger partial charge in [0.05, 0.1) is 42.2 Å². The molecule has 4 rings (SSSR count). The lowest BCUT2D eigenvalue weighted by atomic mass is 10.3. The minimum absolute atomic E-state index is 0.0636. The molecule has 0 saturated carbocycles. The van der Waals surface area contributed by atoms with Crippen LogP contribution >= 0.6 is 11.6 Å². The van der Waals surface area contributed by atoms with Gasteiger partial charge in [-0.05, 0) is 30.3 Å². The first-order chi connectivity index (χ1) is 14.5. The Labute approximate surface area is 180 Å². The maximum atomic E-state index is 12.9. The van der Waals surface area contributed by atoms with Gasteiger partial charge in [0.2, 0.25) is 0 Å². The van der Waals surface area contributed by atoms with Crippen molar-refractivity contribution >= 4 is 44.3 Å². The van der Waals surface area contributed by atoms with Crippen LogP contribution in [0, 0.1) is 0 Å². The number of rotatable bonds is 7. The lowest BCUT2D eigenvalue weighted by molar-refractivity contribution is -0.906. The largest absolute Gasteiger partial charge is 0.370 e. The molecule has 0 aliphatic carbocycles. The number of nitrogens with zero attached hydrogens (tertiary/aromatic N) is 2. The van der Waals surface area contributed by atoms with Gasteiger partial charge in [-0.1, -0.05) is 29.8 Å². The van der Waals surface area contributed by atoms with Gasteiger partial charge in [0.1, 0.15) is 13.1 Å². The molecule has 0 atom stereocenters. The Bertz CT molecular complexity index is 1140. The molecule has 1 fully saturated rings. The second-order valence-corrected chi connectivity index (χ2v) is 9.13. The van der Waals surface area contributed by atoms with E-state index in [0.717, 1.165) is 32.8 Å². The Kier molecular flexibility index (Phi) is 6.33. The van der Waals surface area contributed by atoms with E-state index in [2.05, 4.69) is 20.0 Å². The minimum atomic E-state index is -3.87. The summed E-state index contributed by atoms with van der Waals surface area (Å²) in [5.41, 5.74) is 1.29. The van der Waals surface area contributed by atoms with E-state index in [9.17, 15) is 8.42 Å². The molecule has 2 heterocycles. The monoisotopic (exact) mass is 448 g/mol. The van der Waals surface area contributed by atoms with Crippen molar-refractivity contribution in [3.8, 4) is 0 Å². The minimum Gasteiger partial charge on any atom is -0.370 e. The van der Waals surface area contributed by atoms with Crippen LogP contribution in [0.5, 0.6) is 0 Å². The highest BCUT2D eigenvalue weighted by molar-refractivity contribution is 7.92. The van der Waals surface area contributed by atoms with Crippen molar-refractivity contribution in [1.29, 1.82) is 0 Å². The number of hydrogen-bond acceptors (Lipinski definition) is 6. The first kappa shape index (κ1) is 20.8. The zero-order valence-electron chi connectivity index (χ0n) is 16.3. The van der Waals surface area contributed by atoms with Gasteiger partial charge in [0, 0.05) is 5.02 Å². The molecule has 0 unspecified atom stereocenters. The second kappa shape index (κ2) is 9.13. The summed E-state index contributed by atoms with van der Waals surface area (Å²) in [6.07, 6.45) is 0. The van der Waals surface area contributed by atoms with Crippen molar-refractivity contribution in [2.24, 2.45) is 0 Å². The van der Waals surface area contributed by atoms with Crippen molar-refractivity contribution in [2.75, 3.05) is 49.4 Å². The number of ether oxygens (including phenoxy) is 1. The topological polar surface area (TPSA) is 97.7 Å². The zero-order valence-corrected chi connectivity index (χ0v) is 17.8. The molecule has 1 aliphatic rings. The summed E-state index contributed by atoms with van der Waals surface area (Å²) in [7, 11) is -3.87. The number of fused-ring (bicyclic) bond motifs is 1. The van der Waals surface area contributed by atoms with Crippen molar-refractivity contribution in [2.45, 2.75) is 4.90 Å². The first-order valence-corrected chi connectivity index (χ1v) is 11.6. The second-order valence-electron chi connectivity index (χ2n) is 7.01. The molecular formula is C20H23ClN5O3S+. The number of hydrogen-bond donors (Lipinski definition) is 3. The molecule has 0 spiro atoms. The summed E-state index contributed by atoms with van der Waals surface area (Å²) in [6.45, 7) is 4.94. The van der Waals surface area contributed by atoms with E-state index < -0.39 is 10.0 Å². The molecular weight excluding hydrogens is 426 g/mol. The number of nitrogens with one attached hydrogen (secondary N) is 3. The summed E-state index contributed by atoms with van der Waals surface area (Å²) >= 11 is 5.96. The standard InChI is InChI=1S/C20H22ClN5O3S/c21-15-4-3-5-16(14-15)30(27,28)25-20-19(22-8-9-26-10-12-29-13-11-26)23-17-6-1-2-7-18(17)24-20/h1-7,14H,8-13H2,(H,22,23)(H,24,25)/p+1. The molecule has 0 amide bonds. The molecule has 10 heteroatoms. The van der Waals surface area contributed by atoms with E-state index in [1.807, 2.05) is 18.2 Å². The fourth-order valence-corrected chi connectivity index (χ4v) is 4.59.